The number of hydrogen-bond donors (Lipinski definition) is 4. The van der Waals surface area contributed by atoms with E-state index in [0.717, 1.165) is 4.90 Å². The van der Waals surface area contributed by atoms with Crippen LogP contribution in [0.25, 0.3) is 0 Å². The zero-order valence-corrected chi connectivity index (χ0v) is 36.3. The van der Waals surface area contributed by atoms with Crippen LogP contribution in [0.2, 0.25) is 0 Å². The molecule has 21 heteroatoms. The molecule has 5 amide bonds. The number of amides is 5. The standard InChI is InChI=1S/C43H52F5N5O11/c1-24(2)36(52-30(54)16-18-60-20-21-61-19-17-49-41(58)64-43(4,5)6)39(56)50-25(3)38(55)51-28-14-12-26(13-15-28)23-62-42(59)53(7)22-27-10-8-9-11-29(27)40(57)63-37-34(47)32(45)31(44)33(46)35(37)48/h8-15,24-25,36H,16-23H2,1-7H3,(H,49,58)(H,50,56)(H,51,55)(H,52,54)/t25-,36-/m0/s1. The summed E-state index contributed by atoms with van der Waals surface area (Å²) in [5, 5.41) is 10.5. The molecule has 0 saturated heterocycles. The van der Waals surface area contributed by atoms with Crippen molar-refractivity contribution in [3.8, 4) is 5.75 Å². The minimum absolute atomic E-state index is 0.0316. The molecule has 3 rings (SSSR count). The summed E-state index contributed by atoms with van der Waals surface area (Å²) in [6.45, 7) is 10.7. The Labute approximate surface area is 366 Å². The van der Waals surface area contributed by atoms with Crippen molar-refractivity contribution in [2.45, 2.75) is 78.8 Å². The lowest BCUT2D eigenvalue weighted by atomic mass is 10.0. The second-order valence-electron chi connectivity index (χ2n) is 15.5. The van der Waals surface area contributed by atoms with Crippen LogP contribution in [0.5, 0.6) is 5.75 Å². The van der Waals surface area contributed by atoms with E-state index in [9.17, 15) is 50.7 Å². The molecule has 0 aliphatic carbocycles. The Kier molecular flexibility index (Phi) is 19.9. The van der Waals surface area contributed by atoms with Gasteiger partial charge in [-0.15, -0.1) is 0 Å². The number of nitrogens with zero attached hydrogens (tertiary/aromatic N) is 1. The second-order valence-corrected chi connectivity index (χ2v) is 15.5. The molecule has 0 bridgehead atoms. The van der Waals surface area contributed by atoms with E-state index >= 15 is 0 Å². The van der Waals surface area contributed by atoms with Gasteiger partial charge in [0.25, 0.3) is 0 Å². The molecule has 0 heterocycles. The van der Waals surface area contributed by atoms with Crippen molar-refractivity contribution in [2.24, 2.45) is 5.92 Å². The number of carbonyl (C=O) groups excluding carboxylic acids is 6. The van der Waals surface area contributed by atoms with E-state index in [0.29, 0.717) is 11.3 Å². The average Bonchev–Trinajstić information content (AvgIpc) is 3.23. The third-order valence-electron chi connectivity index (χ3n) is 8.68. The number of anilines is 1. The van der Waals surface area contributed by atoms with Crippen molar-refractivity contribution < 1.29 is 74.4 Å². The van der Waals surface area contributed by atoms with E-state index in [-0.39, 0.29) is 69.6 Å². The van der Waals surface area contributed by atoms with Gasteiger partial charge in [0.05, 0.1) is 32.0 Å². The van der Waals surface area contributed by atoms with Gasteiger partial charge in [0.1, 0.15) is 24.3 Å². The lowest BCUT2D eigenvalue weighted by molar-refractivity contribution is -0.132. The molecule has 0 spiro atoms. The molecule has 0 radical (unpaired) electrons. The molecule has 0 aliphatic heterocycles. The van der Waals surface area contributed by atoms with E-state index in [1.54, 1.807) is 46.8 Å². The van der Waals surface area contributed by atoms with Crippen molar-refractivity contribution in [1.29, 1.82) is 0 Å². The average molecular weight is 910 g/mol. The van der Waals surface area contributed by atoms with E-state index in [2.05, 4.69) is 26.0 Å². The number of halogens is 5. The smallest absolute Gasteiger partial charge is 0.410 e. The monoisotopic (exact) mass is 909 g/mol. The van der Waals surface area contributed by atoms with Gasteiger partial charge >= 0.3 is 18.2 Å². The van der Waals surface area contributed by atoms with Crippen molar-refractivity contribution in [1.82, 2.24) is 20.9 Å². The summed E-state index contributed by atoms with van der Waals surface area (Å²) in [6, 6.07) is 9.59. The third-order valence-corrected chi connectivity index (χ3v) is 8.68. The van der Waals surface area contributed by atoms with E-state index in [1.165, 1.54) is 50.4 Å². The van der Waals surface area contributed by atoms with Gasteiger partial charge in [-0.25, -0.2) is 27.6 Å². The highest BCUT2D eigenvalue weighted by Gasteiger charge is 2.30. The predicted octanol–water partition coefficient (Wildman–Crippen LogP) is 5.90. The Morgan fingerprint density at radius 3 is 1.94 bits per heavy atom. The number of carbonyl (C=O) groups is 6. The Morgan fingerprint density at radius 1 is 0.734 bits per heavy atom. The SMILES string of the molecule is CC(C)[C@H](NC(=O)CCOCCOCCNC(=O)OC(C)(C)C)C(=O)N[C@@H](C)C(=O)Nc1ccc(COC(=O)N(C)Cc2ccccc2C(=O)Oc2c(F)c(F)c(F)c(F)c2F)cc1. The molecular weight excluding hydrogens is 857 g/mol. The lowest BCUT2D eigenvalue weighted by Gasteiger charge is -2.24. The molecule has 2 atom stereocenters. The molecular formula is C43H52F5N5O11. The largest absolute Gasteiger partial charge is 0.445 e. The Bertz CT molecular complexity index is 2090. The summed E-state index contributed by atoms with van der Waals surface area (Å²) in [5.74, 6) is -16.8. The molecule has 350 valence electrons. The fourth-order valence-electron chi connectivity index (χ4n) is 5.37. The molecule has 0 unspecified atom stereocenters. The van der Waals surface area contributed by atoms with Gasteiger partial charge in [0.15, 0.2) is 0 Å². The molecule has 64 heavy (non-hydrogen) atoms. The van der Waals surface area contributed by atoms with Gasteiger partial charge in [-0.3, -0.25) is 14.4 Å². The second kappa shape index (κ2) is 24.5. The summed E-state index contributed by atoms with van der Waals surface area (Å²) in [7, 11) is 1.32. The maximum absolute atomic E-state index is 14.1. The number of esters is 1. The summed E-state index contributed by atoms with van der Waals surface area (Å²) in [6.07, 6.45) is -1.44. The van der Waals surface area contributed by atoms with Crippen LogP contribution < -0.4 is 26.0 Å². The highest BCUT2D eigenvalue weighted by Crippen LogP contribution is 2.30. The molecule has 0 fully saturated rings. The third kappa shape index (κ3) is 16.4. The number of benzene rings is 3. The van der Waals surface area contributed by atoms with Gasteiger partial charge in [0, 0.05) is 32.2 Å². The van der Waals surface area contributed by atoms with Crippen LogP contribution in [0.15, 0.2) is 48.5 Å². The Hall–Kier alpha value is -6.35. The Balaban J connectivity index is 1.41. The first-order valence-electron chi connectivity index (χ1n) is 19.9. The molecule has 0 aromatic heterocycles. The van der Waals surface area contributed by atoms with Crippen LogP contribution in [0.4, 0.5) is 37.2 Å². The molecule has 0 aliphatic rings. The van der Waals surface area contributed by atoms with E-state index in [1.807, 2.05) is 0 Å². The maximum atomic E-state index is 14.1. The zero-order chi connectivity index (χ0) is 47.7. The first-order valence-corrected chi connectivity index (χ1v) is 19.9. The van der Waals surface area contributed by atoms with Crippen molar-refractivity contribution in [3.05, 3.63) is 94.3 Å². The van der Waals surface area contributed by atoms with Crippen LogP contribution in [-0.4, -0.2) is 98.5 Å². The number of hydrogen-bond acceptors (Lipinski definition) is 11. The van der Waals surface area contributed by atoms with Gasteiger partial charge in [-0.2, -0.15) is 8.78 Å². The summed E-state index contributed by atoms with van der Waals surface area (Å²) < 4.78 is 94.7. The van der Waals surface area contributed by atoms with Crippen molar-refractivity contribution in [3.63, 3.8) is 0 Å². The highest BCUT2D eigenvalue weighted by molar-refractivity contribution is 5.98. The van der Waals surface area contributed by atoms with Crippen LogP contribution in [-0.2, 0) is 46.5 Å². The topological polar surface area (TPSA) is 200 Å². The maximum Gasteiger partial charge on any atom is 0.410 e. The van der Waals surface area contributed by atoms with E-state index < -0.39 is 88.4 Å². The predicted molar refractivity (Wildman–Crippen MR) is 219 cm³/mol. The molecule has 4 N–H and O–H groups in total. The highest BCUT2D eigenvalue weighted by atomic mass is 19.2. The summed E-state index contributed by atoms with van der Waals surface area (Å²) in [5.41, 5.74) is 0.0164. The van der Waals surface area contributed by atoms with Gasteiger partial charge in [0.2, 0.25) is 52.6 Å². The number of nitrogens with one attached hydrogen (secondary N) is 4. The van der Waals surface area contributed by atoms with Crippen LogP contribution in [0.3, 0.4) is 0 Å². The van der Waals surface area contributed by atoms with Crippen molar-refractivity contribution >= 4 is 41.6 Å². The van der Waals surface area contributed by atoms with Gasteiger partial charge in [-0.1, -0.05) is 44.2 Å². The van der Waals surface area contributed by atoms with Crippen LogP contribution in [0.1, 0.15) is 69.4 Å². The number of rotatable bonds is 21. The molecule has 3 aromatic carbocycles. The number of ether oxygens (including phenoxy) is 5. The fourth-order valence-corrected chi connectivity index (χ4v) is 5.37. The molecule has 16 nitrogen and oxygen atoms in total. The molecule has 3 aromatic rings. The molecule has 0 saturated carbocycles. The normalized spacial score (nSPS) is 12.1. The first kappa shape index (κ1) is 52.0. The van der Waals surface area contributed by atoms with Gasteiger partial charge < -0.3 is 49.9 Å². The quantitative estimate of drug-likeness (QED) is 0.0248. The van der Waals surface area contributed by atoms with Crippen molar-refractivity contribution in [2.75, 3.05) is 45.3 Å². The fraction of sp³-hybridized carbons (Fsp3) is 0.442. The number of alkyl carbamates (subject to hydrolysis) is 1. The van der Waals surface area contributed by atoms with Gasteiger partial charge in [-0.05, 0) is 62.9 Å². The zero-order valence-electron chi connectivity index (χ0n) is 36.3. The van der Waals surface area contributed by atoms with E-state index in [4.69, 9.17) is 18.9 Å². The van der Waals surface area contributed by atoms with Crippen LogP contribution in [0, 0.1) is 35.0 Å². The summed E-state index contributed by atoms with van der Waals surface area (Å²) >= 11 is 0. The first-order chi connectivity index (χ1) is 30.1. The Morgan fingerprint density at radius 2 is 1.33 bits per heavy atom. The minimum atomic E-state index is -2.42. The minimum Gasteiger partial charge on any atom is -0.445 e. The summed E-state index contributed by atoms with van der Waals surface area (Å²) in [4.78, 5) is 76.8. The van der Waals surface area contributed by atoms with Crippen LogP contribution >= 0.6 is 0 Å². The lowest BCUT2D eigenvalue weighted by Crippen LogP contribution is -2.53.